The van der Waals surface area contributed by atoms with Crippen molar-refractivity contribution < 1.29 is 9.90 Å². The summed E-state index contributed by atoms with van der Waals surface area (Å²) < 4.78 is 1.03. The molecule has 0 radical (unpaired) electrons. The third-order valence-electron chi connectivity index (χ3n) is 3.10. The number of hydrogen-bond acceptors (Lipinski definition) is 2. The fourth-order valence-electron chi connectivity index (χ4n) is 2.08. The van der Waals surface area contributed by atoms with Crippen molar-refractivity contribution in [3.63, 3.8) is 0 Å². The predicted molar refractivity (Wildman–Crippen MR) is 87.7 cm³/mol. The lowest BCUT2D eigenvalue weighted by Crippen LogP contribution is -2.17. The van der Waals surface area contributed by atoms with Gasteiger partial charge in [0, 0.05) is 22.6 Å². The Labute approximate surface area is 137 Å². The van der Waals surface area contributed by atoms with E-state index in [2.05, 4.69) is 20.8 Å². The molecular weight excluding hydrogens is 354 g/mol. The minimum absolute atomic E-state index is 0.305. The van der Waals surface area contributed by atoms with E-state index in [1.807, 2.05) is 37.4 Å². The summed E-state index contributed by atoms with van der Waals surface area (Å²) in [6, 6.07) is 12.7. The number of hydrogen-bond donors (Lipinski definition) is 1. The van der Waals surface area contributed by atoms with E-state index in [1.165, 1.54) is 0 Å². The summed E-state index contributed by atoms with van der Waals surface area (Å²) in [6.45, 7) is 1.49. The molecule has 0 aromatic heterocycles. The first-order valence-electron chi connectivity index (χ1n) is 6.40. The molecule has 2 aromatic rings. The van der Waals surface area contributed by atoms with Crippen LogP contribution in [0.1, 0.15) is 21.5 Å². The molecule has 0 aliphatic heterocycles. The molecule has 0 aliphatic rings. The van der Waals surface area contributed by atoms with Crippen molar-refractivity contribution in [1.29, 1.82) is 0 Å². The van der Waals surface area contributed by atoms with E-state index in [4.69, 9.17) is 16.7 Å². The summed E-state index contributed by atoms with van der Waals surface area (Å²) in [6.07, 6.45) is 0. The largest absolute Gasteiger partial charge is 0.478 e. The van der Waals surface area contributed by atoms with Crippen molar-refractivity contribution in [2.75, 3.05) is 7.05 Å². The van der Waals surface area contributed by atoms with E-state index in [0.29, 0.717) is 10.6 Å². The van der Waals surface area contributed by atoms with Crippen molar-refractivity contribution in [2.24, 2.45) is 0 Å². The van der Waals surface area contributed by atoms with E-state index in [1.54, 1.807) is 12.1 Å². The molecule has 0 amide bonds. The lowest BCUT2D eigenvalue weighted by atomic mass is 10.1. The zero-order valence-electron chi connectivity index (χ0n) is 11.5. The quantitative estimate of drug-likeness (QED) is 0.848. The van der Waals surface area contributed by atoms with Crippen LogP contribution in [-0.2, 0) is 13.1 Å². The SMILES string of the molecule is CN(Cc1ccc(C(=O)O)cc1)Cc1cc(Cl)ccc1Br. The summed E-state index contributed by atoms with van der Waals surface area (Å²) in [7, 11) is 2.01. The number of carbonyl (C=O) groups is 1. The number of aromatic carboxylic acids is 1. The van der Waals surface area contributed by atoms with Crippen molar-refractivity contribution >= 4 is 33.5 Å². The van der Waals surface area contributed by atoms with Crippen LogP contribution in [0.15, 0.2) is 46.9 Å². The van der Waals surface area contributed by atoms with Crippen molar-refractivity contribution in [3.05, 3.63) is 68.7 Å². The number of benzene rings is 2. The number of nitrogens with zero attached hydrogens (tertiary/aromatic N) is 1. The molecule has 0 atom stereocenters. The van der Waals surface area contributed by atoms with Gasteiger partial charge >= 0.3 is 5.97 Å². The van der Waals surface area contributed by atoms with Crippen LogP contribution >= 0.6 is 27.5 Å². The molecule has 0 bridgehead atoms. The van der Waals surface area contributed by atoms with Gasteiger partial charge < -0.3 is 5.11 Å². The number of rotatable bonds is 5. The Hall–Kier alpha value is -1.36. The van der Waals surface area contributed by atoms with Crippen molar-refractivity contribution in [2.45, 2.75) is 13.1 Å². The highest BCUT2D eigenvalue weighted by atomic mass is 79.9. The Balaban J connectivity index is 2.02. The van der Waals surface area contributed by atoms with Gasteiger partial charge in [-0.3, -0.25) is 4.90 Å². The molecule has 2 aromatic carbocycles. The fraction of sp³-hybridized carbons (Fsp3) is 0.188. The van der Waals surface area contributed by atoms with Gasteiger partial charge in [-0.05, 0) is 48.5 Å². The topological polar surface area (TPSA) is 40.5 Å². The van der Waals surface area contributed by atoms with E-state index in [9.17, 15) is 4.79 Å². The Kier molecular flexibility index (Phi) is 5.39. The van der Waals surface area contributed by atoms with Gasteiger partial charge in [0.1, 0.15) is 0 Å². The Morgan fingerprint density at radius 1 is 1.19 bits per heavy atom. The lowest BCUT2D eigenvalue weighted by molar-refractivity contribution is 0.0697. The first-order chi connectivity index (χ1) is 9.95. The third-order valence-corrected chi connectivity index (χ3v) is 4.11. The number of halogens is 2. The Morgan fingerprint density at radius 2 is 1.86 bits per heavy atom. The second-order valence-corrected chi connectivity index (χ2v) is 6.20. The zero-order chi connectivity index (χ0) is 15.4. The standard InChI is InChI=1S/C16H15BrClNO2/c1-19(10-13-8-14(18)6-7-15(13)17)9-11-2-4-12(5-3-11)16(20)21/h2-8H,9-10H2,1H3,(H,20,21). The molecule has 0 saturated carbocycles. The van der Waals surface area contributed by atoms with Crippen molar-refractivity contribution in [1.82, 2.24) is 4.90 Å². The fourth-order valence-corrected chi connectivity index (χ4v) is 2.64. The number of carboxylic acids is 1. The molecule has 21 heavy (non-hydrogen) atoms. The summed E-state index contributed by atoms with van der Waals surface area (Å²) in [5.41, 5.74) is 2.49. The van der Waals surface area contributed by atoms with Crippen LogP contribution in [0.3, 0.4) is 0 Å². The van der Waals surface area contributed by atoms with Gasteiger partial charge in [0.2, 0.25) is 0 Å². The third kappa shape index (κ3) is 4.56. The minimum Gasteiger partial charge on any atom is -0.478 e. The van der Waals surface area contributed by atoms with Crippen LogP contribution in [0.5, 0.6) is 0 Å². The van der Waals surface area contributed by atoms with Gasteiger partial charge in [-0.25, -0.2) is 4.79 Å². The highest BCUT2D eigenvalue weighted by Crippen LogP contribution is 2.22. The summed E-state index contributed by atoms with van der Waals surface area (Å²) in [4.78, 5) is 13.0. The van der Waals surface area contributed by atoms with E-state index in [-0.39, 0.29) is 0 Å². The summed E-state index contributed by atoms with van der Waals surface area (Å²) >= 11 is 9.53. The van der Waals surface area contributed by atoms with E-state index < -0.39 is 5.97 Å². The molecule has 5 heteroatoms. The van der Waals surface area contributed by atoms with Crippen LogP contribution in [0, 0.1) is 0 Å². The van der Waals surface area contributed by atoms with Crippen LogP contribution < -0.4 is 0 Å². The van der Waals surface area contributed by atoms with E-state index in [0.717, 1.165) is 28.7 Å². The Bertz CT molecular complexity index is 643. The zero-order valence-corrected chi connectivity index (χ0v) is 13.9. The van der Waals surface area contributed by atoms with Gasteiger partial charge in [0.15, 0.2) is 0 Å². The number of carboxylic acid groups (broad SMARTS) is 1. The second kappa shape index (κ2) is 7.07. The van der Waals surface area contributed by atoms with Crippen LogP contribution in [-0.4, -0.2) is 23.0 Å². The predicted octanol–water partition coefficient (Wildman–Crippen LogP) is 4.43. The van der Waals surface area contributed by atoms with Gasteiger partial charge in [-0.1, -0.05) is 39.7 Å². The van der Waals surface area contributed by atoms with E-state index >= 15 is 0 Å². The van der Waals surface area contributed by atoms with Gasteiger partial charge in [-0.2, -0.15) is 0 Å². The molecule has 1 N–H and O–H groups in total. The molecule has 2 rings (SSSR count). The van der Waals surface area contributed by atoms with Gasteiger partial charge in [0.25, 0.3) is 0 Å². The molecule has 0 unspecified atom stereocenters. The summed E-state index contributed by atoms with van der Waals surface area (Å²) in [5.74, 6) is -0.905. The summed E-state index contributed by atoms with van der Waals surface area (Å²) in [5, 5.41) is 9.60. The minimum atomic E-state index is -0.905. The maximum Gasteiger partial charge on any atom is 0.335 e. The average molecular weight is 369 g/mol. The van der Waals surface area contributed by atoms with Crippen LogP contribution in [0.2, 0.25) is 5.02 Å². The maximum absolute atomic E-state index is 10.8. The van der Waals surface area contributed by atoms with Gasteiger partial charge in [0.05, 0.1) is 5.56 Å². The average Bonchev–Trinajstić information content (AvgIpc) is 2.43. The molecule has 0 heterocycles. The second-order valence-electron chi connectivity index (χ2n) is 4.91. The Morgan fingerprint density at radius 3 is 2.48 bits per heavy atom. The highest BCUT2D eigenvalue weighted by molar-refractivity contribution is 9.10. The molecule has 110 valence electrons. The smallest absolute Gasteiger partial charge is 0.335 e. The van der Waals surface area contributed by atoms with Crippen LogP contribution in [0.4, 0.5) is 0 Å². The first-order valence-corrected chi connectivity index (χ1v) is 7.57. The maximum atomic E-state index is 10.8. The molecule has 0 fully saturated rings. The highest BCUT2D eigenvalue weighted by Gasteiger charge is 2.07. The first kappa shape index (κ1) is 16.0. The lowest BCUT2D eigenvalue weighted by Gasteiger charge is -2.18. The molecular formula is C16H15BrClNO2. The van der Waals surface area contributed by atoms with Crippen molar-refractivity contribution in [3.8, 4) is 0 Å². The molecule has 0 aliphatic carbocycles. The normalized spacial score (nSPS) is 10.9. The molecule has 3 nitrogen and oxygen atoms in total. The molecule has 0 spiro atoms. The van der Waals surface area contributed by atoms with Gasteiger partial charge in [-0.15, -0.1) is 0 Å². The van der Waals surface area contributed by atoms with Crippen LogP contribution in [0.25, 0.3) is 0 Å². The monoisotopic (exact) mass is 367 g/mol. The molecule has 0 saturated heterocycles.